The molecule has 3 unspecified atom stereocenters. The van der Waals surface area contributed by atoms with Gasteiger partial charge in [-0.15, -0.1) is 0 Å². The summed E-state index contributed by atoms with van der Waals surface area (Å²) >= 11 is 0. The predicted octanol–water partition coefficient (Wildman–Crippen LogP) is 0.877. The molecule has 2 amide bonds. The molecule has 0 aromatic heterocycles. The molecule has 1 rings (SSSR count). The van der Waals surface area contributed by atoms with Crippen molar-refractivity contribution in [2.45, 2.75) is 45.6 Å². The number of hydrogen-bond donors (Lipinski definition) is 2. The molecule has 7 nitrogen and oxygen atoms in total. The zero-order chi connectivity index (χ0) is 17.4. The van der Waals surface area contributed by atoms with Crippen molar-refractivity contribution in [1.29, 1.82) is 0 Å². The van der Waals surface area contributed by atoms with Crippen LogP contribution in [0.3, 0.4) is 0 Å². The topological polar surface area (TPSA) is 95.9 Å². The van der Waals surface area contributed by atoms with Gasteiger partial charge in [0.05, 0.1) is 5.92 Å². The van der Waals surface area contributed by atoms with E-state index in [4.69, 9.17) is 9.84 Å². The third-order valence-electron chi connectivity index (χ3n) is 4.36. The SMILES string of the molecule is CCC(C)C(=O)N1CCCC(C(=O)NC(CCOC)C(=O)O)C1. The zero-order valence-electron chi connectivity index (χ0n) is 14.2. The molecular formula is C16H28N2O5. The molecule has 3 atom stereocenters. The van der Waals surface area contributed by atoms with E-state index < -0.39 is 12.0 Å². The van der Waals surface area contributed by atoms with E-state index in [0.717, 1.165) is 12.8 Å². The van der Waals surface area contributed by atoms with Crippen molar-refractivity contribution < 1.29 is 24.2 Å². The van der Waals surface area contributed by atoms with Crippen molar-refractivity contribution in [2.24, 2.45) is 11.8 Å². The lowest BCUT2D eigenvalue weighted by Gasteiger charge is -2.34. The summed E-state index contributed by atoms with van der Waals surface area (Å²) in [5.74, 6) is -1.69. The third-order valence-corrected chi connectivity index (χ3v) is 4.36. The van der Waals surface area contributed by atoms with Crippen molar-refractivity contribution in [3.63, 3.8) is 0 Å². The van der Waals surface area contributed by atoms with E-state index in [9.17, 15) is 14.4 Å². The standard InChI is InChI=1S/C16H28N2O5/c1-4-11(2)15(20)18-8-5-6-12(10-18)14(19)17-13(16(21)22)7-9-23-3/h11-13H,4-10H2,1-3H3,(H,17,19)(H,21,22). The fourth-order valence-electron chi connectivity index (χ4n) is 2.66. The lowest BCUT2D eigenvalue weighted by molar-refractivity contribution is -0.144. The minimum absolute atomic E-state index is 0.0507. The van der Waals surface area contributed by atoms with Crippen LogP contribution in [0.5, 0.6) is 0 Å². The summed E-state index contributed by atoms with van der Waals surface area (Å²) in [6, 6.07) is -0.955. The van der Waals surface area contributed by atoms with Crippen LogP contribution in [0.15, 0.2) is 0 Å². The van der Waals surface area contributed by atoms with Crippen molar-refractivity contribution in [3.8, 4) is 0 Å². The van der Waals surface area contributed by atoms with E-state index in [1.165, 1.54) is 7.11 Å². The van der Waals surface area contributed by atoms with Gasteiger partial charge < -0.3 is 20.1 Å². The number of hydrogen-bond acceptors (Lipinski definition) is 4. The molecule has 1 fully saturated rings. The van der Waals surface area contributed by atoms with Crippen LogP contribution in [-0.2, 0) is 19.1 Å². The van der Waals surface area contributed by atoms with Crippen LogP contribution in [0.25, 0.3) is 0 Å². The quantitative estimate of drug-likeness (QED) is 0.689. The second-order valence-electron chi connectivity index (χ2n) is 6.11. The molecule has 1 heterocycles. The predicted molar refractivity (Wildman–Crippen MR) is 84.8 cm³/mol. The molecule has 1 aliphatic rings. The number of nitrogens with one attached hydrogen (secondary N) is 1. The fraction of sp³-hybridized carbons (Fsp3) is 0.812. The van der Waals surface area contributed by atoms with Crippen LogP contribution in [0, 0.1) is 11.8 Å². The largest absolute Gasteiger partial charge is 0.480 e. The van der Waals surface area contributed by atoms with Gasteiger partial charge in [0.2, 0.25) is 11.8 Å². The lowest BCUT2D eigenvalue weighted by Crippen LogP contribution is -2.50. The lowest BCUT2D eigenvalue weighted by atomic mass is 9.95. The highest BCUT2D eigenvalue weighted by molar-refractivity contribution is 5.86. The minimum Gasteiger partial charge on any atom is -0.480 e. The molecule has 1 saturated heterocycles. The Morgan fingerprint density at radius 3 is 2.65 bits per heavy atom. The van der Waals surface area contributed by atoms with E-state index in [1.54, 1.807) is 4.90 Å². The molecule has 1 aliphatic heterocycles. The van der Waals surface area contributed by atoms with E-state index in [0.29, 0.717) is 19.5 Å². The monoisotopic (exact) mass is 328 g/mol. The maximum atomic E-state index is 12.3. The highest BCUT2D eigenvalue weighted by atomic mass is 16.5. The van der Waals surface area contributed by atoms with Gasteiger partial charge in [0.15, 0.2) is 0 Å². The Morgan fingerprint density at radius 1 is 1.39 bits per heavy atom. The van der Waals surface area contributed by atoms with Crippen molar-refractivity contribution in [2.75, 3.05) is 26.8 Å². The Bertz CT molecular complexity index is 427. The molecule has 0 spiro atoms. The Balaban J connectivity index is 2.61. The summed E-state index contributed by atoms with van der Waals surface area (Å²) in [6.07, 6.45) is 2.42. The number of carboxylic acids is 1. The summed E-state index contributed by atoms with van der Waals surface area (Å²) in [6.45, 7) is 5.15. The number of carboxylic acid groups (broad SMARTS) is 1. The van der Waals surface area contributed by atoms with Gasteiger partial charge in [-0.3, -0.25) is 9.59 Å². The normalized spacial score (nSPS) is 20.7. The van der Waals surface area contributed by atoms with Gasteiger partial charge >= 0.3 is 5.97 Å². The number of rotatable bonds is 8. The molecular weight excluding hydrogens is 300 g/mol. The molecule has 7 heteroatoms. The van der Waals surface area contributed by atoms with Crippen molar-refractivity contribution in [1.82, 2.24) is 10.2 Å². The van der Waals surface area contributed by atoms with Crippen LogP contribution in [0.2, 0.25) is 0 Å². The highest BCUT2D eigenvalue weighted by Crippen LogP contribution is 2.19. The Hall–Kier alpha value is -1.63. The van der Waals surface area contributed by atoms with Crippen LogP contribution < -0.4 is 5.32 Å². The maximum absolute atomic E-state index is 12.3. The number of nitrogens with zero attached hydrogens (tertiary/aromatic N) is 1. The zero-order valence-corrected chi connectivity index (χ0v) is 14.2. The number of likely N-dealkylation sites (tertiary alicyclic amines) is 1. The maximum Gasteiger partial charge on any atom is 0.326 e. The average molecular weight is 328 g/mol. The summed E-state index contributed by atoms with van der Waals surface area (Å²) in [7, 11) is 1.49. The number of carbonyl (C=O) groups excluding carboxylic acids is 2. The molecule has 0 radical (unpaired) electrons. The van der Waals surface area contributed by atoms with Gasteiger partial charge in [0.1, 0.15) is 6.04 Å². The smallest absolute Gasteiger partial charge is 0.326 e. The van der Waals surface area contributed by atoms with E-state index in [1.807, 2.05) is 13.8 Å². The van der Waals surface area contributed by atoms with Crippen LogP contribution in [-0.4, -0.2) is 60.6 Å². The molecule has 2 N–H and O–H groups in total. The summed E-state index contributed by atoms with van der Waals surface area (Å²) in [5.41, 5.74) is 0. The number of amides is 2. The molecule has 0 bridgehead atoms. The number of ether oxygens (including phenoxy) is 1. The summed E-state index contributed by atoms with van der Waals surface area (Å²) in [5, 5.41) is 11.7. The third kappa shape index (κ3) is 5.82. The van der Waals surface area contributed by atoms with Crippen LogP contribution in [0.1, 0.15) is 39.5 Å². The minimum atomic E-state index is -1.07. The summed E-state index contributed by atoms with van der Waals surface area (Å²) in [4.78, 5) is 37.5. The fourth-order valence-corrected chi connectivity index (χ4v) is 2.66. The van der Waals surface area contributed by atoms with Crippen LogP contribution >= 0.6 is 0 Å². The highest BCUT2D eigenvalue weighted by Gasteiger charge is 2.31. The molecule has 23 heavy (non-hydrogen) atoms. The molecule has 0 aliphatic carbocycles. The first-order valence-corrected chi connectivity index (χ1v) is 8.21. The average Bonchev–Trinajstić information content (AvgIpc) is 2.56. The number of methoxy groups -OCH3 is 1. The molecule has 0 saturated carbocycles. The number of carbonyl (C=O) groups is 3. The second kappa shape index (κ2) is 9.50. The van der Waals surface area contributed by atoms with Gasteiger partial charge in [-0.2, -0.15) is 0 Å². The first-order valence-electron chi connectivity index (χ1n) is 8.21. The van der Waals surface area contributed by atoms with E-state index in [-0.39, 0.29) is 36.7 Å². The van der Waals surface area contributed by atoms with Crippen molar-refractivity contribution >= 4 is 17.8 Å². The first-order chi connectivity index (χ1) is 10.9. The van der Waals surface area contributed by atoms with Gasteiger partial charge in [-0.25, -0.2) is 4.79 Å². The Labute approximate surface area is 137 Å². The Kier molecular flexibility index (Phi) is 8.02. The van der Waals surface area contributed by atoms with E-state index >= 15 is 0 Å². The van der Waals surface area contributed by atoms with Gasteiger partial charge in [-0.1, -0.05) is 13.8 Å². The van der Waals surface area contributed by atoms with Crippen LogP contribution in [0.4, 0.5) is 0 Å². The van der Waals surface area contributed by atoms with Gasteiger partial charge in [0, 0.05) is 39.1 Å². The Morgan fingerprint density at radius 2 is 2.09 bits per heavy atom. The van der Waals surface area contributed by atoms with E-state index in [2.05, 4.69) is 5.32 Å². The molecule has 0 aromatic rings. The van der Waals surface area contributed by atoms with Crippen molar-refractivity contribution in [3.05, 3.63) is 0 Å². The number of aliphatic carboxylic acids is 1. The first kappa shape index (κ1) is 19.4. The number of piperidine rings is 1. The second-order valence-corrected chi connectivity index (χ2v) is 6.11. The molecule has 132 valence electrons. The molecule has 0 aromatic carbocycles. The van der Waals surface area contributed by atoms with Gasteiger partial charge in [0.25, 0.3) is 0 Å². The summed E-state index contributed by atoms with van der Waals surface area (Å²) < 4.78 is 4.87. The van der Waals surface area contributed by atoms with Gasteiger partial charge in [-0.05, 0) is 19.3 Å².